The van der Waals surface area contributed by atoms with Crippen LogP contribution >= 0.6 is 12.2 Å². The molecule has 0 spiro atoms. The molecule has 4 rings (SSSR count). The van der Waals surface area contributed by atoms with E-state index < -0.39 is 0 Å². The molecule has 27 heavy (non-hydrogen) atoms. The molecule has 2 aromatic heterocycles. The number of nitrogens with one attached hydrogen (secondary N) is 3. The summed E-state index contributed by atoms with van der Waals surface area (Å²) in [6.45, 7) is 5.01. The fourth-order valence-corrected chi connectivity index (χ4v) is 3.60. The molecular formula is C19H24N6OS+2. The fourth-order valence-electron chi connectivity index (χ4n) is 3.39. The van der Waals surface area contributed by atoms with Crippen molar-refractivity contribution in [2.45, 2.75) is 6.67 Å². The van der Waals surface area contributed by atoms with Crippen LogP contribution in [0.25, 0.3) is 11.4 Å². The lowest BCUT2D eigenvalue weighted by atomic mass is 10.2. The van der Waals surface area contributed by atoms with Crippen LogP contribution < -0.4 is 19.5 Å². The van der Waals surface area contributed by atoms with E-state index in [0.29, 0.717) is 4.77 Å². The van der Waals surface area contributed by atoms with Gasteiger partial charge in [-0.25, -0.2) is 9.67 Å². The van der Waals surface area contributed by atoms with Crippen molar-refractivity contribution >= 4 is 17.9 Å². The number of benzene rings is 1. The van der Waals surface area contributed by atoms with E-state index in [1.807, 2.05) is 41.3 Å². The van der Waals surface area contributed by atoms with Gasteiger partial charge in [-0.3, -0.25) is 5.10 Å². The van der Waals surface area contributed by atoms with Crippen molar-refractivity contribution < 1.29 is 14.6 Å². The zero-order chi connectivity index (χ0) is 18.6. The Morgan fingerprint density at radius 1 is 1.15 bits per heavy atom. The minimum atomic E-state index is 0.592. The molecule has 0 saturated carbocycles. The number of rotatable bonds is 5. The first-order valence-electron chi connectivity index (χ1n) is 9.09. The number of hydrogen-bond donors (Lipinski definition) is 2. The molecule has 0 amide bonds. The maximum atomic E-state index is 5.46. The van der Waals surface area contributed by atoms with Gasteiger partial charge in [-0.2, -0.15) is 4.98 Å². The molecule has 140 valence electrons. The zero-order valence-corrected chi connectivity index (χ0v) is 16.1. The van der Waals surface area contributed by atoms with Gasteiger partial charge in [0.15, 0.2) is 24.9 Å². The Hall–Kier alpha value is -2.71. The Labute approximate surface area is 163 Å². The van der Waals surface area contributed by atoms with Crippen LogP contribution in [0, 0.1) is 4.77 Å². The predicted molar refractivity (Wildman–Crippen MR) is 105 cm³/mol. The normalized spacial score (nSPS) is 15.1. The second kappa shape index (κ2) is 7.89. The van der Waals surface area contributed by atoms with Crippen molar-refractivity contribution in [3.63, 3.8) is 0 Å². The lowest BCUT2D eigenvalue weighted by Gasteiger charge is -2.33. The average Bonchev–Trinajstić information content (AvgIpc) is 3.09. The van der Waals surface area contributed by atoms with E-state index in [0.717, 1.165) is 50.0 Å². The van der Waals surface area contributed by atoms with E-state index in [1.54, 1.807) is 7.11 Å². The van der Waals surface area contributed by atoms with Crippen molar-refractivity contribution in [2.24, 2.45) is 0 Å². The molecule has 1 saturated heterocycles. The van der Waals surface area contributed by atoms with Gasteiger partial charge in [-0.05, 0) is 36.5 Å². The van der Waals surface area contributed by atoms with E-state index in [2.05, 4.69) is 32.1 Å². The molecule has 3 N–H and O–H groups in total. The Morgan fingerprint density at radius 2 is 1.85 bits per heavy atom. The topological polar surface area (TPSA) is 64.7 Å². The molecule has 1 fully saturated rings. The fraction of sp³-hybridized carbons (Fsp3) is 0.316. The van der Waals surface area contributed by atoms with Gasteiger partial charge in [0.25, 0.3) is 0 Å². The minimum Gasteiger partial charge on any atom is -0.497 e. The Morgan fingerprint density at radius 3 is 2.52 bits per heavy atom. The number of quaternary nitrogens is 1. The van der Waals surface area contributed by atoms with Crippen molar-refractivity contribution in [1.29, 1.82) is 0 Å². The first-order chi connectivity index (χ1) is 13.2. The Bertz CT molecular complexity index is 929. The Kier molecular flexibility index (Phi) is 5.17. The number of nitrogens with zero attached hydrogens (tertiary/aromatic N) is 3. The number of anilines is 1. The molecule has 0 atom stereocenters. The van der Waals surface area contributed by atoms with Gasteiger partial charge < -0.3 is 14.5 Å². The molecule has 0 radical (unpaired) electrons. The third-order valence-electron chi connectivity index (χ3n) is 4.96. The molecule has 8 heteroatoms. The Balaban J connectivity index is 1.40. The maximum Gasteiger partial charge on any atom is 0.221 e. The summed E-state index contributed by atoms with van der Waals surface area (Å²) >= 11 is 5.46. The highest BCUT2D eigenvalue weighted by Crippen LogP contribution is 2.19. The molecule has 0 aliphatic carbocycles. The monoisotopic (exact) mass is 384 g/mol. The van der Waals surface area contributed by atoms with Gasteiger partial charge in [0.1, 0.15) is 5.75 Å². The SMILES string of the molecule is COc1ccc(-c2nc(=S)n(C[NH+]3CCN(c4cc[nH+]cc4)CC3)[nH]2)cc1. The summed E-state index contributed by atoms with van der Waals surface area (Å²) in [6, 6.07) is 12.1. The average molecular weight is 385 g/mol. The highest BCUT2D eigenvalue weighted by molar-refractivity contribution is 7.71. The number of piperazine rings is 1. The minimum absolute atomic E-state index is 0.592. The number of ether oxygens (including phenoxy) is 1. The van der Waals surface area contributed by atoms with Gasteiger partial charge in [0, 0.05) is 23.4 Å². The smallest absolute Gasteiger partial charge is 0.221 e. The summed E-state index contributed by atoms with van der Waals surface area (Å²) in [7, 11) is 1.66. The molecule has 3 heterocycles. The van der Waals surface area contributed by atoms with Crippen LogP contribution in [0.15, 0.2) is 48.8 Å². The number of aromatic nitrogens is 4. The highest BCUT2D eigenvalue weighted by atomic mass is 32.1. The van der Waals surface area contributed by atoms with Gasteiger partial charge in [0.05, 0.1) is 33.3 Å². The molecule has 0 bridgehead atoms. The van der Waals surface area contributed by atoms with Crippen molar-refractivity contribution in [3.05, 3.63) is 53.6 Å². The van der Waals surface area contributed by atoms with Crippen LogP contribution in [0.5, 0.6) is 5.75 Å². The first kappa shape index (κ1) is 17.7. The van der Waals surface area contributed by atoms with E-state index >= 15 is 0 Å². The summed E-state index contributed by atoms with van der Waals surface area (Å²) in [4.78, 5) is 11.5. The molecule has 1 aliphatic rings. The van der Waals surface area contributed by atoms with Crippen LogP contribution in [-0.2, 0) is 6.67 Å². The molecule has 0 unspecified atom stereocenters. The standard InChI is InChI=1S/C19H22N6OS/c1-26-17-4-2-15(3-5-17)18-21-19(27)25(22-18)14-23-10-12-24(13-11-23)16-6-8-20-9-7-16/h2-9H,10-14H2,1H3,(H,21,22,27)/p+2. The van der Waals surface area contributed by atoms with E-state index in [-0.39, 0.29) is 0 Å². The molecule has 7 nitrogen and oxygen atoms in total. The maximum absolute atomic E-state index is 5.46. The molecule has 3 aromatic rings. The molecule has 1 aromatic carbocycles. The predicted octanol–water partition coefficient (Wildman–Crippen LogP) is 0.793. The van der Waals surface area contributed by atoms with E-state index in [4.69, 9.17) is 17.0 Å². The number of methoxy groups -OCH3 is 1. The van der Waals surface area contributed by atoms with E-state index in [1.165, 1.54) is 10.6 Å². The van der Waals surface area contributed by atoms with Crippen LogP contribution in [-0.4, -0.2) is 48.1 Å². The first-order valence-corrected chi connectivity index (χ1v) is 9.49. The van der Waals surface area contributed by atoms with E-state index in [9.17, 15) is 0 Å². The summed E-state index contributed by atoms with van der Waals surface area (Å²) in [5.74, 6) is 1.62. The summed E-state index contributed by atoms with van der Waals surface area (Å²) < 4.78 is 7.77. The van der Waals surface area contributed by atoms with Gasteiger partial charge in [0.2, 0.25) is 4.77 Å². The lowest BCUT2D eigenvalue weighted by Crippen LogP contribution is -3.14. The number of hydrogen-bond acceptors (Lipinski definition) is 4. The summed E-state index contributed by atoms with van der Waals surface area (Å²) in [5.41, 5.74) is 2.27. The summed E-state index contributed by atoms with van der Waals surface area (Å²) in [6.07, 6.45) is 3.94. The number of aromatic amines is 2. The van der Waals surface area contributed by atoms with Gasteiger partial charge in [-0.1, -0.05) is 0 Å². The third-order valence-corrected chi connectivity index (χ3v) is 5.27. The van der Waals surface area contributed by atoms with Crippen molar-refractivity contribution in [1.82, 2.24) is 14.8 Å². The quantitative estimate of drug-likeness (QED) is 0.639. The molecule has 1 aliphatic heterocycles. The second-order valence-electron chi connectivity index (χ2n) is 6.66. The third kappa shape index (κ3) is 4.01. The van der Waals surface area contributed by atoms with Crippen molar-refractivity contribution in [3.8, 4) is 17.1 Å². The van der Waals surface area contributed by atoms with Crippen LogP contribution in [0.4, 0.5) is 5.69 Å². The highest BCUT2D eigenvalue weighted by Gasteiger charge is 2.21. The lowest BCUT2D eigenvalue weighted by molar-refractivity contribution is -0.924. The van der Waals surface area contributed by atoms with Crippen LogP contribution in [0.3, 0.4) is 0 Å². The second-order valence-corrected chi connectivity index (χ2v) is 7.03. The number of H-pyrrole nitrogens is 2. The van der Waals surface area contributed by atoms with Crippen molar-refractivity contribution in [2.75, 3.05) is 38.2 Å². The van der Waals surface area contributed by atoms with Gasteiger partial charge in [-0.15, -0.1) is 0 Å². The summed E-state index contributed by atoms with van der Waals surface area (Å²) in [5, 5.41) is 3.35. The molecular weight excluding hydrogens is 360 g/mol. The number of pyridine rings is 1. The van der Waals surface area contributed by atoms with Crippen LogP contribution in [0.1, 0.15) is 0 Å². The van der Waals surface area contributed by atoms with Crippen LogP contribution in [0.2, 0.25) is 0 Å². The largest absolute Gasteiger partial charge is 0.497 e. The van der Waals surface area contributed by atoms with Gasteiger partial charge >= 0.3 is 0 Å². The zero-order valence-electron chi connectivity index (χ0n) is 15.3.